The molecule has 0 aliphatic rings. The minimum atomic E-state index is -4.30. The molecular formula is C14H19F3O. The van der Waals surface area contributed by atoms with Crippen LogP contribution in [0.3, 0.4) is 0 Å². The van der Waals surface area contributed by atoms with E-state index in [0.29, 0.717) is 11.7 Å². The van der Waals surface area contributed by atoms with Gasteiger partial charge >= 0.3 is 6.18 Å². The maximum atomic E-state index is 12.2. The summed E-state index contributed by atoms with van der Waals surface area (Å²) in [6, 6.07) is 5.39. The quantitative estimate of drug-likeness (QED) is 0.750. The minimum absolute atomic E-state index is 0.131. The second-order valence-corrected chi connectivity index (χ2v) is 5.01. The summed E-state index contributed by atoms with van der Waals surface area (Å²) in [4.78, 5) is 0. The lowest BCUT2D eigenvalue weighted by Crippen LogP contribution is -2.20. The summed E-state index contributed by atoms with van der Waals surface area (Å²) >= 11 is 0. The van der Waals surface area contributed by atoms with E-state index in [1.807, 2.05) is 26.0 Å². The van der Waals surface area contributed by atoms with Gasteiger partial charge in [-0.3, -0.25) is 0 Å². The van der Waals surface area contributed by atoms with E-state index in [1.165, 1.54) is 0 Å². The number of hydrogen-bond acceptors (Lipinski definition) is 1. The Balaban J connectivity index is 2.97. The van der Waals surface area contributed by atoms with Gasteiger partial charge < -0.3 is 4.74 Å². The fraction of sp³-hybridized carbons (Fsp3) is 0.571. The van der Waals surface area contributed by atoms with Gasteiger partial charge in [0.15, 0.2) is 6.61 Å². The van der Waals surface area contributed by atoms with Crippen LogP contribution >= 0.6 is 0 Å². The first-order valence-corrected chi connectivity index (χ1v) is 6.04. The van der Waals surface area contributed by atoms with Gasteiger partial charge in [-0.25, -0.2) is 0 Å². The van der Waals surface area contributed by atoms with Crippen molar-refractivity contribution in [3.63, 3.8) is 0 Å². The van der Waals surface area contributed by atoms with Crippen LogP contribution in [0.4, 0.5) is 13.2 Å². The highest BCUT2D eigenvalue weighted by atomic mass is 19.4. The number of alkyl halides is 3. The molecule has 0 amide bonds. The van der Waals surface area contributed by atoms with Gasteiger partial charge in [0.25, 0.3) is 0 Å². The normalized spacial score (nSPS) is 12.3. The fourth-order valence-electron chi connectivity index (χ4n) is 1.67. The van der Waals surface area contributed by atoms with Crippen LogP contribution in [0.25, 0.3) is 0 Å². The molecule has 0 aliphatic heterocycles. The van der Waals surface area contributed by atoms with Gasteiger partial charge in [-0.15, -0.1) is 0 Å². The van der Waals surface area contributed by atoms with Crippen molar-refractivity contribution in [1.82, 2.24) is 0 Å². The van der Waals surface area contributed by atoms with E-state index in [9.17, 15) is 13.2 Å². The number of ether oxygens (including phenoxy) is 1. The molecule has 0 aromatic heterocycles. The molecule has 1 rings (SSSR count). The molecule has 0 atom stereocenters. The zero-order valence-electron chi connectivity index (χ0n) is 11.1. The molecule has 0 bridgehead atoms. The number of halogens is 3. The molecule has 1 nitrogen and oxygen atoms in total. The molecule has 0 unspecified atom stereocenters. The summed E-state index contributed by atoms with van der Waals surface area (Å²) in [6.45, 7) is 6.75. The minimum Gasteiger partial charge on any atom is -0.484 e. The topological polar surface area (TPSA) is 9.23 Å². The molecule has 4 heteroatoms. The van der Waals surface area contributed by atoms with Crippen LogP contribution in [0.5, 0.6) is 5.75 Å². The van der Waals surface area contributed by atoms with Gasteiger partial charge in [-0.05, 0) is 29.0 Å². The van der Waals surface area contributed by atoms with Crippen molar-refractivity contribution in [3.8, 4) is 5.75 Å². The van der Waals surface area contributed by atoms with E-state index in [-0.39, 0.29) is 5.92 Å². The molecule has 18 heavy (non-hydrogen) atoms. The Kier molecular flexibility index (Phi) is 4.65. The van der Waals surface area contributed by atoms with Crippen molar-refractivity contribution in [2.75, 3.05) is 6.61 Å². The Morgan fingerprint density at radius 3 is 2.11 bits per heavy atom. The summed E-state index contributed by atoms with van der Waals surface area (Å²) in [6.07, 6.45) is -4.30. The summed E-state index contributed by atoms with van der Waals surface area (Å²) in [7, 11) is 0. The molecule has 0 fully saturated rings. The Hall–Kier alpha value is -1.19. The third kappa shape index (κ3) is 4.24. The highest BCUT2D eigenvalue weighted by molar-refractivity contribution is 5.40. The first-order chi connectivity index (χ1) is 8.20. The molecule has 0 saturated heterocycles. The number of hydrogen-bond donors (Lipinski definition) is 0. The molecule has 0 N–H and O–H groups in total. The SMILES string of the molecule is CC(C)c1ccc(OCC(F)(F)F)c(C(C)C)c1. The molecule has 0 heterocycles. The second kappa shape index (κ2) is 5.63. The largest absolute Gasteiger partial charge is 0.484 e. The second-order valence-electron chi connectivity index (χ2n) is 5.01. The van der Waals surface area contributed by atoms with Crippen LogP contribution in [-0.4, -0.2) is 12.8 Å². The zero-order valence-corrected chi connectivity index (χ0v) is 11.1. The molecule has 102 valence electrons. The maximum absolute atomic E-state index is 12.2. The van der Waals surface area contributed by atoms with E-state index >= 15 is 0 Å². The van der Waals surface area contributed by atoms with Gasteiger partial charge in [0.05, 0.1) is 0 Å². The Labute approximate surface area is 106 Å². The molecule has 0 saturated carbocycles. The first-order valence-electron chi connectivity index (χ1n) is 6.04. The average Bonchev–Trinajstić information content (AvgIpc) is 2.24. The summed E-state index contributed by atoms with van der Waals surface area (Å²) in [5, 5.41) is 0. The Morgan fingerprint density at radius 1 is 1.06 bits per heavy atom. The number of benzene rings is 1. The van der Waals surface area contributed by atoms with Crippen LogP contribution in [-0.2, 0) is 0 Å². The van der Waals surface area contributed by atoms with E-state index in [1.54, 1.807) is 6.07 Å². The van der Waals surface area contributed by atoms with Crippen LogP contribution in [0, 0.1) is 0 Å². The van der Waals surface area contributed by atoms with E-state index < -0.39 is 12.8 Å². The first kappa shape index (κ1) is 14.9. The van der Waals surface area contributed by atoms with Crippen molar-refractivity contribution < 1.29 is 17.9 Å². The van der Waals surface area contributed by atoms with Gasteiger partial charge in [0, 0.05) is 0 Å². The van der Waals surface area contributed by atoms with Crippen LogP contribution < -0.4 is 4.74 Å². The molecule has 0 spiro atoms. The third-order valence-corrected chi connectivity index (χ3v) is 2.71. The van der Waals surface area contributed by atoms with Crippen LogP contribution in [0.2, 0.25) is 0 Å². The van der Waals surface area contributed by atoms with Gasteiger partial charge in [0.1, 0.15) is 5.75 Å². The average molecular weight is 260 g/mol. The van der Waals surface area contributed by atoms with Crippen molar-refractivity contribution in [2.45, 2.75) is 45.7 Å². The summed E-state index contributed by atoms with van der Waals surface area (Å²) < 4.78 is 41.3. The van der Waals surface area contributed by atoms with Gasteiger partial charge in [0.2, 0.25) is 0 Å². The molecule has 1 aromatic carbocycles. The Morgan fingerprint density at radius 2 is 1.67 bits per heavy atom. The summed E-state index contributed by atoms with van der Waals surface area (Å²) in [5.41, 5.74) is 1.93. The highest BCUT2D eigenvalue weighted by Crippen LogP contribution is 2.31. The predicted molar refractivity (Wildman–Crippen MR) is 66.2 cm³/mol. The standard InChI is InChI=1S/C14H19F3O/c1-9(2)11-5-6-13(12(7-11)10(3)4)18-8-14(15,16)17/h5-7,9-10H,8H2,1-4H3. The fourth-order valence-corrected chi connectivity index (χ4v) is 1.67. The maximum Gasteiger partial charge on any atom is 0.422 e. The van der Waals surface area contributed by atoms with Gasteiger partial charge in [-0.2, -0.15) is 13.2 Å². The van der Waals surface area contributed by atoms with E-state index in [2.05, 4.69) is 13.8 Å². The van der Waals surface area contributed by atoms with Crippen molar-refractivity contribution >= 4 is 0 Å². The lowest BCUT2D eigenvalue weighted by molar-refractivity contribution is -0.153. The van der Waals surface area contributed by atoms with Crippen LogP contribution in [0.1, 0.15) is 50.7 Å². The molecule has 0 aliphatic carbocycles. The van der Waals surface area contributed by atoms with Crippen molar-refractivity contribution in [2.24, 2.45) is 0 Å². The van der Waals surface area contributed by atoms with Crippen molar-refractivity contribution in [1.29, 1.82) is 0 Å². The van der Waals surface area contributed by atoms with Crippen molar-refractivity contribution in [3.05, 3.63) is 29.3 Å². The van der Waals surface area contributed by atoms with E-state index in [0.717, 1.165) is 11.1 Å². The molecule has 1 aromatic rings. The van der Waals surface area contributed by atoms with Crippen LogP contribution in [0.15, 0.2) is 18.2 Å². The molecular weight excluding hydrogens is 241 g/mol. The predicted octanol–water partition coefficient (Wildman–Crippen LogP) is 4.87. The molecule has 0 radical (unpaired) electrons. The Bertz CT molecular complexity index is 395. The number of rotatable bonds is 4. The zero-order chi connectivity index (χ0) is 13.9. The van der Waals surface area contributed by atoms with Gasteiger partial charge in [-0.1, -0.05) is 39.8 Å². The van der Waals surface area contributed by atoms with E-state index in [4.69, 9.17) is 4.74 Å². The third-order valence-electron chi connectivity index (χ3n) is 2.71. The summed E-state index contributed by atoms with van der Waals surface area (Å²) in [5.74, 6) is 0.804. The lowest BCUT2D eigenvalue weighted by Gasteiger charge is -2.17. The monoisotopic (exact) mass is 260 g/mol. The lowest BCUT2D eigenvalue weighted by atomic mass is 9.95. The smallest absolute Gasteiger partial charge is 0.422 e. The highest BCUT2D eigenvalue weighted by Gasteiger charge is 2.29.